The van der Waals surface area contributed by atoms with Crippen LogP contribution in [-0.2, 0) is 11.0 Å². The first-order valence-electron chi connectivity index (χ1n) is 10.6. The summed E-state index contributed by atoms with van der Waals surface area (Å²) in [6, 6.07) is 19.5. The Balaban J connectivity index is 1.46. The molecule has 6 nitrogen and oxygen atoms in total. The van der Waals surface area contributed by atoms with E-state index < -0.39 is 17.6 Å². The van der Waals surface area contributed by atoms with Crippen LogP contribution in [0.2, 0.25) is 5.02 Å². The molecule has 0 spiro atoms. The highest BCUT2D eigenvalue weighted by molar-refractivity contribution is 7.99. The first-order valence-corrected chi connectivity index (χ1v) is 12.0. The molecule has 1 aromatic heterocycles. The lowest BCUT2D eigenvalue weighted by molar-refractivity contribution is -0.137. The number of benzene rings is 3. The molecule has 0 aliphatic heterocycles. The number of nitrogens with one attached hydrogen (secondary N) is 1. The predicted octanol–water partition coefficient (Wildman–Crippen LogP) is 6.16. The van der Waals surface area contributed by atoms with Crippen molar-refractivity contribution < 1.29 is 18.0 Å². The number of carbonyl (C=O) groups excluding carboxylic acids is 1. The maximum Gasteiger partial charge on any atom is 0.416 e. The Morgan fingerprint density at radius 2 is 1.69 bits per heavy atom. The number of hydrogen-bond donors (Lipinski definition) is 1. The first-order chi connectivity index (χ1) is 17.2. The van der Waals surface area contributed by atoms with E-state index in [2.05, 4.69) is 20.7 Å². The molecule has 0 aliphatic rings. The van der Waals surface area contributed by atoms with Gasteiger partial charge in [-0.15, -0.1) is 10.2 Å². The zero-order valence-corrected chi connectivity index (χ0v) is 20.4. The number of nitrogens with zero attached hydrogens (tertiary/aromatic N) is 4. The predicted molar refractivity (Wildman–Crippen MR) is 134 cm³/mol. The van der Waals surface area contributed by atoms with E-state index in [0.29, 0.717) is 21.6 Å². The molecule has 1 N–H and O–H groups in total. The molecule has 0 radical (unpaired) electrons. The quantitative estimate of drug-likeness (QED) is 0.177. The number of hydrogen-bond acceptors (Lipinski definition) is 5. The van der Waals surface area contributed by atoms with Gasteiger partial charge in [0, 0.05) is 16.3 Å². The van der Waals surface area contributed by atoms with Crippen molar-refractivity contribution in [3.63, 3.8) is 0 Å². The van der Waals surface area contributed by atoms with Gasteiger partial charge in [0.15, 0.2) is 11.0 Å². The number of thioether (sulfide) groups is 1. The van der Waals surface area contributed by atoms with E-state index in [9.17, 15) is 18.0 Å². The molecule has 0 fully saturated rings. The summed E-state index contributed by atoms with van der Waals surface area (Å²) in [4.78, 5) is 12.3. The van der Waals surface area contributed by atoms with Crippen molar-refractivity contribution in [3.8, 4) is 17.1 Å². The highest BCUT2D eigenvalue weighted by atomic mass is 35.5. The Hall–Kier alpha value is -3.63. The van der Waals surface area contributed by atoms with Gasteiger partial charge in [0.2, 0.25) is 0 Å². The van der Waals surface area contributed by atoms with Gasteiger partial charge >= 0.3 is 6.18 Å². The number of aromatic nitrogens is 3. The molecule has 0 saturated heterocycles. The molecular weight excluding hydrogens is 511 g/mol. The van der Waals surface area contributed by atoms with E-state index in [1.165, 1.54) is 30.1 Å². The second-order valence-electron chi connectivity index (χ2n) is 7.69. The number of halogens is 4. The van der Waals surface area contributed by atoms with Crippen LogP contribution in [-0.4, -0.2) is 32.6 Å². The van der Waals surface area contributed by atoms with E-state index in [0.717, 1.165) is 28.9 Å². The third-order valence-corrected chi connectivity index (χ3v) is 6.18. The Morgan fingerprint density at radius 1 is 1.03 bits per heavy atom. The summed E-state index contributed by atoms with van der Waals surface area (Å²) in [5.41, 5.74) is 4.78. The Bertz CT molecular complexity index is 1370. The summed E-state index contributed by atoms with van der Waals surface area (Å²) < 4.78 is 39.8. The molecule has 184 valence electrons. The SMILES string of the molecule is Cc1ccc(-n2c(SCC(=O)N/N=C\c3ccc(C(F)(F)F)cc3)nnc2-c2ccc(Cl)cc2)cc1. The van der Waals surface area contributed by atoms with Gasteiger partial charge < -0.3 is 0 Å². The Morgan fingerprint density at radius 3 is 2.33 bits per heavy atom. The van der Waals surface area contributed by atoms with Gasteiger partial charge in [-0.05, 0) is 61.0 Å². The number of hydrazone groups is 1. The summed E-state index contributed by atoms with van der Waals surface area (Å²) in [5.74, 6) is 0.183. The fraction of sp³-hybridized carbons (Fsp3) is 0.120. The van der Waals surface area contributed by atoms with E-state index in [-0.39, 0.29) is 5.75 Å². The number of aryl methyl sites for hydroxylation is 1. The molecule has 4 aromatic rings. The minimum atomic E-state index is -4.41. The topological polar surface area (TPSA) is 72.2 Å². The number of rotatable bonds is 7. The van der Waals surface area contributed by atoms with Gasteiger partial charge in [0.05, 0.1) is 17.5 Å². The minimum absolute atomic E-state index is 0.00500. The maximum absolute atomic E-state index is 12.7. The molecule has 0 bridgehead atoms. The largest absolute Gasteiger partial charge is 0.416 e. The van der Waals surface area contributed by atoms with Crippen LogP contribution in [0, 0.1) is 6.92 Å². The molecule has 1 amide bonds. The molecule has 3 aromatic carbocycles. The molecule has 0 atom stereocenters. The summed E-state index contributed by atoms with van der Waals surface area (Å²) in [7, 11) is 0. The summed E-state index contributed by atoms with van der Waals surface area (Å²) in [6.07, 6.45) is -3.14. The molecule has 0 saturated carbocycles. The van der Waals surface area contributed by atoms with E-state index in [1.807, 2.05) is 47.9 Å². The highest BCUT2D eigenvalue weighted by Crippen LogP contribution is 2.30. The monoisotopic (exact) mass is 529 g/mol. The standard InChI is InChI=1S/C25H19ClF3N5OS/c1-16-2-12-21(13-3-16)34-23(18-6-10-20(26)11-7-18)32-33-24(34)36-15-22(35)31-30-14-17-4-8-19(9-5-17)25(27,28)29/h2-14H,15H2,1H3,(H,31,35)/b30-14-. The fourth-order valence-corrected chi connectivity index (χ4v) is 4.05. The van der Waals surface area contributed by atoms with Crippen molar-refractivity contribution >= 4 is 35.5 Å². The number of carbonyl (C=O) groups is 1. The average molecular weight is 530 g/mol. The van der Waals surface area contributed by atoms with Crippen LogP contribution in [0.25, 0.3) is 17.1 Å². The van der Waals surface area contributed by atoms with E-state index in [4.69, 9.17) is 11.6 Å². The third-order valence-electron chi connectivity index (χ3n) is 5.00. The molecule has 11 heteroatoms. The number of amides is 1. The first kappa shape index (κ1) is 25.5. The van der Waals surface area contributed by atoms with E-state index in [1.54, 1.807) is 12.1 Å². The molecule has 4 rings (SSSR count). The van der Waals surface area contributed by atoms with Crippen LogP contribution in [0.15, 0.2) is 83.1 Å². The lowest BCUT2D eigenvalue weighted by atomic mass is 10.1. The average Bonchev–Trinajstić information content (AvgIpc) is 3.27. The van der Waals surface area contributed by atoms with Crippen molar-refractivity contribution in [1.29, 1.82) is 0 Å². The normalized spacial score (nSPS) is 11.7. The highest BCUT2D eigenvalue weighted by Gasteiger charge is 2.29. The fourth-order valence-electron chi connectivity index (χ4n) is 3.18. The van der Waals surface area contributed by atoms with Gasteiger partial charge in [-0.3, -0.25) is 9.36 Å². The summed E-state index contributed by atoms with van der Waals surface area (Å²) >= 11 is 7.20. The van der Waals surface area contributed by atoms with Gasteiger partial charge in [-0.2, -0.15) is 18.3 Å². The van der Waals surface area contributed by atoms with Gasteiger partial charge in [-0.1, -0.05) is 53.2 Å². The van der Waals surface area contributed by atoms with Gasteiger partial charge in [-0.25, -0.2) is 5.43 Å². The van der Waals surface area contributed by atoms with Gasteiger partial charge in [0.1, 0.15) is 0 Å². The molecular formula is C25H19ClF3N5OS. The van der Waals surface area contributed by atoms with Crippen molar-refractivity contribution in [1.82, 2.24) is 20.2 Å². The van der Waals surface area contributed by atoms with E-state index >= 15 is 0 Å². The zero-order valence-electron chi connectivity index (χ0n) is 18.8. The lowest BCUT2D eigenvalue weighted by Crippen LogP contribution is -2.20. The molecule has 0 aliphatic carbocycles. The van der Waals surface area contributed by atoms with Crippen LogP contribution < -0.4 is 5.43 Å². The van der Waals surface area contributed by atoms with Crippen molar-refractivity contribution in [2.75, 3.05) is 5.75 Å². The van der Waals surface area contributed by atoms with Crippen molar-refractivity contribution in [2.45, 2.75) is 18.3 Å². The van der Waals surface area contributed by atoms with Crippen molar-refractivity contribution in [2.24, 2.45) is 5.10 Å². The smallest absolute Gasteiger partial charge is 0.272 e. The molecule has 1 heterocycles. The van der Waals surface area contributed by atoms with Crippen LogP contribution in [0.4, 0.5) is 13.2 Å². The Kier molecular flexibility index (Phi) is 7.76. The zero-order chi connectivity index (χ0) is 25.7. The third kappa shape index (κ3) is 6.32. The second-order valence-corrected chi connectivity index (χ2v) is 9.06. The van der Waals surface area contributed by atoms with Crippen LogP contribution >= 0.6 is 23.4 Å². The van der Waals surface area contributed by atoms with Crippen LogP contribution in [0.1, 0.15) is 16.7 Å². The summed E-state index contributed by atoms with van der Waals surface area (Å²) in [5, 5.41) is 13.5. The lowest BCUT2D eigenvalue weighted by Gasteiger charge is -2.10. The van der Waals surface area contributed by atoms with Crippen LogP contribution in [0.5, 0.6) is 0 Å². The van der Waals surface area contributed by atoms with Crippen LogP contribution in [0.3, 0.4) is 0 Å². The number of alkyl halides is 3. The minimum Gasteiger partial charge on any atom is -0.272 e. The molecule has 0 unspecified atom stereocenters. The summed E-state index contributed by atoms with van der Waals surface area (Å²) in [6.45, 7) is 1.99. The van der Waals surface area contributed by atoms with Gasteiger partial charge in [0.25, 0.3) is 5.91 Å². The molecule has 36 heavy (non-hydrogen) atoms. The Labute approximate surface area is 214 Å². The maximum atomic E-state index is 12.7. The second kappa shape index (κ2) is 11.0. The van der Waals surface area contributed by atoms with Crippen molar-refractivity contribution in [3.05, 3.63) is 94.5 Å².